The molecular weight excluding hydrogens is 345 g/mol. The average molecular weight is 368 g/mol. The van der Waals surface area contributed by atoms with E-state index in [0.717, 1.165) is 25.2 Å². The van der Waals surface area contributed by atoms with Gasteiger partial charge in [-0.15, -0.1) is 24.8 Å². The summed E-state index contributed by atoms with van der Waals surface area (Å²) in [5, 5.41) is 5.70. The Morgan fingerprint density at radius 1 is 1.08 bits per heavy atom. The molecule has 0 spiro atoms. The van der Waals surface area contributed by atoms with Gasteiger partial charge in [0.15, 0.2) is 0 Å². The number of anilines is 2. The summed E-state index contributed by atoms with van der Waals surface area (Å²) in [6.07, 6.45) is 1.12. The molecule has 0 atom stereocenters. The highest BCUT2D eigenvalue weighted by molar-refractivity contribution is 5.92. The number of amides is 1. The Labute approximate surface area is 155 Å². The van der Waals surface area contributed by atoms with Crippen LogP contribution < -0.4 is 15.5 Å². The zero-order valence-corrected chi connectivity index (χ0v) is 15.3. The topological polar surface area (TPSA) is 44.4 Å². The molecule has 2 N–H and O–H groups in total. The highest BCUT2D eigenvalue weighted by Crippen LogP contribution is 2.28. The van der Waals surface area contributed by atoms with Gasteiger partial charge in [0.2, 0.25) is 5.91 Å². The molecule has 0 radical (unpaired) electrons. The first kappa shape index (κ1) is 20.3. The molecule has 3 rings (SSSR count). The van der Waals surface area contributed by atoms with E-state index in [-0.39, 0.29) is 30.7 Å². The van der Waals surface area contributed by atoms with Gasteiger partial charge in [-0.25, -0.2) is 0 Å². The van der Waals surface area contributed by atoms with Crippen molar-refractivity contribution in [3.8, 4) is 0 Å². The third kappa shape index (κ3) is 4.87. The van der Waals surface area contributed by atoms with E-state index in [1.54, 1.807) is 7.05 Å². The van der Waals surface area contributed by atoms with Crippen LogP contribution in [0.15, 0.2) is 48.5 Å². The number of hydrogen-bond donors (Lipinski definition) is 2. The van der Waals surface area contributed by atoms with E-state index in [0.29, 0.717) is 6.54 Å². The Morgan fingerprint density at radius 3 is 2.50 bits per heavy atom. The largest absolute Gasteiger partial charge is 0.367 e. The molecule has 6 heteroatoms. The molecule has 24 heavy (non-hydrogen) atoms. The van der Waals surface area contributed by atoms with Gasteiger partial charge in [0.05, 0.1) is 6.54 Å². The zero-order chi connectivity index (χ0) is 15.4. The van der Waals surface area contributed by atoms with Gasteiger partial charge in [-0.1, -0.05) is 30.3 Å². The van der Waals surface area contributed by atoms with E-state index in [1.165, 1.54) is 16.8 Å². The Hall–Kier alpha value is -1.75. The predicted octanol–water partition coefficient (Wildman–Crippen LogP) is 3.25. The first-order valence-corrected chi connectivity index (χ1v) is 7.62. The standard InChI is InChI=1S/C18H21N3O.2ClH/c1-19-12-18(22)20-16-8-6-14(7-9-16)13-21-11-10-15-4-2-3-5-17(15)21;;/h2-9,19H,10-13H2,1H3,(H,20,22);2*1H. The number of nitrogens with one attached hydrogen (secondary N) is 2. The lowest BCUT2D eigenvalue weighted by atomic mass is 10.1. The molecule has 1 heterocycles. The quantitative estimate of drug-likeness (QED) is 0.852. The van der Waals surface area contributed by atoms with Gasteiger partial charge in [-0.3, -0.25) is 4.79 Å². The molecule has 1 aliphatic rings. The predicted molar refractivity (Wildman–Crippen MR) is 105 cm³/mol. The van der Waals surface area contributed by atoms with Gasteiger partial charge in [0.1, 0.15) is 0 Å². The Morgan fingerprint density at radius 2 is 1.79 bits per heavy atom. The van der Waals surface area contributed by atoms with Crippen LogP contribution in [0.3, 0.4) is 0 Å². The fourth-order valence-corrected chi connectivity index (χ4v) is 2.85. The molecule has 4 nitrogen and oxygen atoms in total. The van der Waals surface area contributed by atoms with E-state index in [1.807, 2.05) is 12.1 Å². The maximum atomic E-state index is 11.5. The fraction of sp³-hybridized carbons (Fsp3) is 0.278. The molecule has 130 valence electrons. The molecule has 0 aliphatic carbocycles. The van der Waals surface area contributed by atoms with Gasteiger partial charge in [-0.05, 0) is 42.8 Å². The molecule has 0 saturated heterocycles. The molecule has 1 amide bonds. The minimum atomic E-state index is -0.0243. The minimum absolute atomic E-state index is 0. The van der Waals surface area contributed by atoms with Crippen LogP contribution in [0.2, 0.25) is 0 Å². The number of rotatable bonds is 5. The maximum absolute atomic E-state index is 11.5. The molecule has 0 bridgehead atoms. The average Bonchev–Trinajstić information content (AvgIpc) is 2.93. The lowest BCUT2D eigenvalue weighted by molar-refractivity contribution is -0.115. The van der Waals surface area contributed by atoms with Crippen LogP contribution >= 0.6 is 24.8 Å². The van der Waals surface area contributed by atoms with E-state index in [4.69, 9.17) is 0 Å². The van der Waals surface area contributed by atoms with Crippen molar-refractivity contribution in [2.45, 2.75) is 13.0 Å². The highest BCUT2D eigenvalue weighted by Gasteiger charge is 2.18. The second-order valence-electron chi connectivity index (χ2n) is 5.58. The van der Waals surface area contributed by atoms with Gasteiger partial charge < -0.3 is 15.5 Å². The highest BCUT2D eigenvalue weighted by atomic mass is 35.5. The maximum Gasteiger partial charge on any atom is 0.238 e. The van der Waals surface area contributed by atoms with Crippen molar-refractivity contribution in [1.82, 2.24) is 5.32 Å². The molecule has 0 saturated carbocycles. The zero-order valence-electron chi connectivity index (χ0n) is 13.6. The summed E-state index contributed by atoms with van der Waals surface area (Å²) in [7, 11) is 1.76. The number of benzene rings is 2. The Kier molecular flexibility index (Phi) is 8.05. The van der Waals surface area contributed by atoms with Crippen LogP contribution in [0, 0.1) is 0 Å². The molecular formula is C18H23Cl2N3O. The lowest BCUT2D eigenvalue weighted by Gasteiger charge is -2.19. The van der Waals surface area contributed by atoms with Crippen molar-refractivity contribution >= 4 is 42.1 Å². The Bertz CT molecular complexity index is 662. The number of halogens is 2. The monoisotopic (exact) mass is 367 g/mol. The van der Waals surface area contributed by atoms with Crippen molar-refractivity contribution < 1.29 is 4.79 Å². The molecule has 2 aromatic rings. The number of hydrogen-bond acceptors (Lipinski definition) is 3. The summed E-state index contributed by atoms with van der Waals surface area (Å²) in [6, 6.07) is 16.7. The van der Waals surface area contributed by atoms with Crippen molar-refractivity contribution in [3.05, 3.63) is 59.7 Å². The van der Waals surface area contributed by atoms with Gasteiger partial charge in [0.25, 0.3) is 0 Å². The van der Waals surface area contributed by atoms with E-state index >= 15 is 0 Å². The normalized spacial score (nSPS) is 12.0. The van der Waals surface area contributed by atoms with Crippen LogP contribution in [0.1, 0.15) is 11.1 Å². The summed E-state index contributed by atoms with van der Waals surface area (Å²) in [5.74, 6) is -0.0243. The molecule has 0 unspecified atom stereocenters. The summed E-state index contributed by atoms with van der Waals surface area (Å²) < 4.78 is 0. The van der Waals surface area contributed by atoms with E-state index in [2.05, 4.69) is 51.9 Å². The Balaban J connectivity index is 0.00000144. The van der Waals surface area contributed by atoms with Gasteiger partial charge in [0, 0.05) is 24.5 Å². The third-order valence-corrected chi connectivity index (χ3v) is 3.93. The molecule has 2 aromatic carbocycles. The van der Waals surface area contributed by atoms with Crippen molar-refractivity contribution in [2.75, 3.05) is 30.4 Å². The van der Waals surface area contributed by atoms with Crippen LogP contribution in [0.4, 0.5) is 11.4 Å². The second-order valence-corrected chi connectivity index (χ2v) is 5.58. The third-order valence-electron chi connectivity index (χ3n) is 3.93. The van der Waals surface area contributed by atoms with Crippen molar-refractivity contribution in [3.63, 3.8) is 0 Å². The van der Waals surface area contributed by atoms with Crippen LogP contribution in [0.25, 0.3) is 0 Å². The fourth-order valence-electron chi connectivity index (χ4n) is 2.85. The first-order chi connectivity index (χ1) is 10.8. The number of likely N-dealkylation sites (N-methyl/N-ethyl adjacent to an activating group) is 1. The summed E-state index contributed by atoms with van der Waals surface area (Å²) in [5.41, 5.74) is 4.86. The van der Waals surface area contributed by atoms with Crippen molar-refractivity contribution in [1.29, 1.82) is 0 Å². The summed E-state index contributed by atoms with van der Waals surface area (Å²) >= 11 is 0. The molecule has 1 aliphatic heterocycles. The van der Waals surface area contributed by atoms with Gasteiger partial charge >= 0.3 is 0 Å². The van der Waals surface area contributed by atoms with Crippen LogP contribution in [-0.2, 0) is 17.8 Å². The smallest absolute Gasteiger partial charge is 0.238 e. The van der Waals surface area contributed by atoms with Crippen LogP contribution in [0.5, 0.6) is 0 Å². The number of nitrogens with zero attached hydrogens (tertiary/aromatic N) is 1. The van der Waals surface area contributed by atoms with E-state index < -0.39 is 0 Å². The first-order valence-electron chi connectivity index (χ1n) is 7.62. The number of para-hydroxylation sites is 1. The summed E-state index contributed by atoms with van der Waals surface area (Å²) in [4.78, 5) is 13.9. The second kappa shape index (κ2) is 9.52. The van der Waals surface area contributed by atoms with E-state index in [9.17, 15) is 4.79 Å². The van der Waals surface area contributed by atoms with Crippen molar-refractivity contribution in [2.24, 2.45) is 0 Å². The minimum Gasteiger partial charge on any atom is -0.367 e. The van der Waals surface area contributed by atoms with Crippen LogP contribution in [-0.4, -0.2) is 26.0 Å². The molecule has 0 fully saturated rings. The number of carbonyl (C=O) groups is 1. The van der Waals surface area contributed by atoms with Gasteiger partial charge in [-0.2, -0.15) is 0 Å². The number of fused-ring (bicyclic) bond motifs is 1. The summed E-state index contributed by atoms with van der Waals surface area (Å²) in [6.45, 7) is 2.30. The molecule has 0 aromatic heterocycles. The number of carbonyl (C=O) groups excluding carboxylic acids is 1. The SMILES string of the molecule is CNCC(=O)Nc1ccc(CN2CCc3ccccc32)cc1.Cl.Cl. The lowest BCUT2D eigenvalue weighted by Crippen LogP contribution is -2.25.